The number of aliphatic hydroxyl groups excluding tert-OH is 1. The lowest BCUT2D eigenvalue weighted by molar-refractivity contribution is -0.154. The largest absolute Gasteiger partial charge is 0.444 e. The van der Waals surface area contributed by atoms with Gasteiger partial charge in [0.1, 0.15) is 5.60 Å². The first-order valence-corrected chi connectivity index (χ1v) is 6.72. The van der Waals surface area contributed by atoms with Gasteiger partial charge in [-0.05, 0) is 20.8 Å². The minimum atomic E-state index is -0.632. The van der Waals surface area contributed by atoms with Crippen LogP contribution in [0.15, 0.2) is 0 Å². The number of carbonyl (C=O) groups excluding carboxylic acids is 1. The summed E-state index contributed by atoms with van der Waals surface area (Å²) in [6, 6.07) is -0.182. The summed E-state index contributed by atoms with van der Waals surface area (Å²) in [5.41, 5.74) is -0.532. The predicted octanol–water partition coefficient (Wildman–Crippen LogP) is 1.03. The number of alkyl carbamates (subject to hydrolysis) is 1. The van der Waals surface area contributed by atoms with Gasteiger partial charge in [-0.2, -0.15) is 0 Å². The van der Waals surface area contributed by atoms with Crippen LogP contribution in [0.3, 0.4) is 0 Å². The highest BCUT2D eigenvalue weighted by molar-refractivity contribution is 5.68. The second kappa shape index (κ2) is 5.26. The second-order valence-electron chi connectivity index (χ2n) is 6.21. The summed E-state index contributed by atoms with van der Waals surface area (Å²) in [6.45, 7) is 6.57. The first-order valence-electron chi connectivity index (χ1n) is 6.72. The normalized spacial score (nSPS) is 29.7. The van der Waals surface area contributed by atoms with Gasteiger partial charge in [0.25, 0.3) is 0 Å². The van der Waals surface area contributed by atoms with E-state index in [2.05, 4.69) is 5.32 Å². The summed E-state index contributed by atoms with van der Waals surface area (Å²) in [5.74, 6) is -0.696. The molecule has 2 N–H and O–H groups in total. The molecule has 0 unspecified atom stereocenters. The molecule has 0 radical (unpaired) electrons. The number of rotatable bonds is 2. The van der Waals surface area contributed by atoms with E-state index >= 15 is 0 Å². The van der Waals surface area contributed by atoms with E-state index in [9.17, 15) is 9.90 Å². The maximum Gasteiger partial charge on any atom is 0.407 e. The Bertz CT molecular complexity index is 332. The highest BCUT2D eigenvalue weighted by Crippen LogP contribution is 2.40. The molecule has 2 atom stereocenters. The molecule has 0 aromatic carbocycles. The molecule has 1 aliphatic heterocycles. The summed E-state index contributed by atoms with van der Waals surface area (Å²) in [7, 11) is 0. The van der Waals surface area contributed by atoms with Crippen molar-refractivity contribution in [3.63, 3.8) is 0 Å². The van der Waals surface area contributed by atoms with Gasteiger partial charge in [0, 0.05) is 31.4 Å². The molecule has 1 amide bonds. The lowest BCUT2D eigenvalue weighted by atomic mass is 10.1. The van der Waals surface area contributed by atoms with Crippen molar-refractivity contribution in [1.82, 2.24) is 5.32 Å². The molecule has 2 fully saturated rings. The number of hydrogen-bond donors (Lipinski definition) is 2. The van der Waals surface area contributed by atoms with Crippen LogP contribution in [0.25, 0.3) is 0 Å². The van der Waals surface area contributed by atoms with Crippen LogP contribution in [0.4, 0.5) is 4.79 Å². The van der Waals surface area contributed by atoms with Crippen molar-refractivity contribution >= 4 is 6.09 Å². The number of hydrogen-bond acceptors (Lipinski definition) is 5. The molecular formula is C13H23NO5. The number of ether oxygens (including phenoxy) is 3. The third kappa shape index (κ3) is 3.58. The molecule has 19 heavy (non-hydrogen) atoms. The van der Waals surface area contributed by atoms with E-state index in [1.165, 1.54) is 0 Å². The van der Waals surface area contributed by atoms with E-state index in [-0.39, 0.29) is 18.6 Å². The molecule has 0 bridgehead atoms. The Morgan fingerprint density at radius 1 is 1.37 bits per heavy atom. The van der Waals surface area contributed by atoms with Gasteiger partial charge in [-0.25, -0.2) is 4.79 Å². The minimum Gasteiger partial charge on any atom is -0.444 e. The van der Waals surface area contributed by atoms with Gasteiger partial charge in [0.2, 0.25) is 0 Å². The van der Waals surface area contributed by atoms with Crippen LogP contribution in [0.1, 0.15) is 33.6 Å². The molecule has 1 saturated heterocycles. The van der Waals surface area contributed by atoms with Crippen molar-refractivity contribution in [3.05, 3.63) is 0 Å². The molecule has 1 heterocycles. The van der Waals surface area contributed by atoms with Crippen LogP contribution in [0, 0.1) is 5.92 Å². The van der Waals surface area contributed by atoms with E-state index in [0.29, 0.717) is 26.1 Å². The van der Waals surface area contributed by atoms with Crippen molar-refractivity contribution in [1.29, 1.82) is 0 Å². The Morgan fingerprint density at radius 2 is 2.00 bits per heavy atom. The lowest BCUT2D eigenvalue weighted by Crippen LogP contribution is -2.42. The van der Waals surface area contributed by atoms with Crippen LogP contribution in [0.2, 0.25) is 0 Å². The molecule has 0 aromatic heterocycles. The molecule has 6 heteroatoms. The van der Waals surface area contributed by atoms with Gasteiger partial charge >= 0.3 is 6.09 Å². The van der Waals surface area contributed by atoms with Gasteiger partial charge in [-0.3, -0.25) is 0 Å². The summed E-state index contributed by atoms with van der Waals surface area (Å²) >= 11 is 0. The van der Waals surface area contributed by atoms with E-state index in [1.54, 1.807) is 0 Å². The molecule has 2 aliphatic rings. The minimum absolute atomic E-state index is 0.00503. The van der Waals surface area contributed by atoms with Crippen LogP contribution >= 0.6 is 0 Å². The molecule has 0 aromatic rings. The number of nitrogens with one attached hydrogen (secondary N) is 1. The Kier molecular flexibility index (Phi) is 4.03. The quantitative estimate of drug-likeness (QED) is 0.785. The third-order valence-electron chi connectivity index (χ3n) is 3.42. The van der Waals surface area contributed by atoms with Gasteiger partial charge < -0.3 is 24.6 Å². The Hall–Kier alpha value is -0.850. The smallest absolute Gasteiger partial charge is 0.407 e. The third-order valence-corrected chi connectivity index (χ3v) is 3.42. The Morgan fingerprint density at radius 3 is 2.53 bits per heavy atom. The molecule has 110 valence electrons. The summed E-state index contributed by atoms with van der Waals surface area (Å²) in [6.07, 6.45) is 0.688. The van der Waals surface area contributed by atoms with Crippen LogP contribution in [-0.2, 0) is 14.2 Å². The summed E-state index contributed by atoms with van der Waals surface area (Å²) < 4.78 is 16.5. The van der Waals surface area contributed by atoms with Crippen molar-refractivity contribution in [2.24, 2.45) is 5.92 Å². The van der Waals surface area contributed by atoms with E-state index in [4.69, 9.17) is 14.2 Å². The maximum absolute atomic E-state index is 11.8. The fourth-order valence-corrected chi connectivity index (χ4v) is 2.68. The molecular weight excluding hydrogens is 250 g/mol. The molecule has 1 aliphatic carbocycles. The van der Waals surface area contributed by atoms with Crippen LogP contribution in [-0.4, -0.2) is 48.5 Å². The number of carbonyl (C=O) groups is 1. The molecule has 1 saturated carbocycles. The van der Waals surface area contributed by atoms with Crippen LogP contribution in [0.5, 0.6) is 0 Å². The fourth-order valence-electron chi connectivity index (χ4n) is 2.68. The molecule has 2 rings (SSSR count). The topological polar surface area (TPSA) is 77.0 Å². The van der Waals surface area contributed by atoms with Crippen molar-refractivity contribution in [2.45, 2.75) is 51.0 Å². The van der Waals surface area contributed by atoms with E-state index in [0.717, 1.165) is 0 Å². The zero-order valence-electron chi connectivity index (χ0n) is 11.8. The Labute approximate surface area is 113 Å². The SMILES string of the molecule is CC(C)(C)OC(=O)N[C@@H]1CC2(C[C@H]1CO)OCCO2. The standard InChI is InChI=1S/C13H23NO5/c1-12(2,3)19-11(16)14-10-7-13(6-9(10)8-15)17-4-5-18-13/h9-10,15H,4-8H2,1-3H3,(H,14,16)/t9-,10+/m0/s1. The van der Waals surface area contributed by atoms with Gasteiger partial charge in [-0.15, -0.1) is 0 Å². The number of aliphatic hydroxyl groups is 1. The summed E-state index contributed by atoms with van der Waals surface area (Å²) in [5, 5.41) is 12.2. The lowest BCUT2D eigenvalue weighted by Gasteiger charge is -2.24. The first-order chi connectivity index (χ1) is 8.84. The highest BCUT2D eigenvalue weighted by atomic mass is 16.7. The molecule has 6 nitrogen and oxygen atoms in total. The first kappa shape index (κ1) is 14.6. The maximum atomic E-state index is 11.8. The second-order valence-corrected chi connectivity index (χ2v) is 6.21. The van der Waals surface area contributed by atoms with Crippen LogP contribution < -0.4 is 5.32 Å². The van der Waals surface area contributed by atoms with Gasteiger partial charge in [-0.1, -0.05) is 0 Å². The Balaban J connectivity index is 1.93. The van der Waals surface area contributed by atoms with E-state index < -0.39 is 17.5 Å². The highest BCUT2D eigenvalue weighted by Gasteiger charge is 2.49. The monoisotopic (exact) mass is 273 g/mol. The van der Waals surface area contributed by atoms with Crippen molar-refractivity contribution in [2.75, 3.05) is 19.8 Å². The van der Waals surface area contributed by atoms with Crippen molar-refractivity contribution in [3.8, 4) is 0 Å². The van der Waals surface area contributed by atoms with Gasteiger partial charge in [0.15, 0.2) is 5.79 Å². The predicted molar refractivity (Wildman–Crippen MR) is 67.6 cm³/mol. The zero-order chi connectivity index (χ0) is 14.1. The fraction of sp³-hybridized carbons (Fsp3) is 0.923. The summed E-state index contributed by atoms with van der Waals surface area (Å²) in [4.78, 5) is 11.8. The van der Waals surface area contributed by atoms with E-state index in [1.807, 2.05) is 20.8 Å². The number of amides is 1. The average molecular weight is 273 g/mol. The van der Waals surface area contributed by atoms with Crippen molar-refractivity contribution < 1.29 is 24.1 Å². The molecule has 1 spiro atoms. The zero-order valence-corrected chi connectivity index (χ0v) is 11.8. The average Bonchev–Trinajstić information content (AvgIpc) is 2.84. The van der Waals surface area contributed by atoms with Gasteiger partial charge in [0.05, 0.1) is 13.2 Å².